The lowest BCUT2D eigenvalue weighted by Crippen LogP contribution is -2.42. The summed E-state index contributed by atoms with van der Waals surface area (Å²) in [6, 6.07) is 10.1. The maximum Gasteiger partial charge on any atom is 0.189 e. The highest BCUT2D eigenvalue weighted by molar-refractivity contribution is 6.13. The molecule has 102 valence electrons. The predicted octanol–water partition coefficient (Wildman–Crippen LogP) is 3.47. The molecule has 3 nitrogen and oxygen atoms in total. The summed E-state index contributed by atoms with van der Waals surface area (Å²) < 4.78 is 0. The highest BCUT2D eigenvalue weighted by Crippen LogP contribution is 2.39. The quantitative estimate of drug-likeness (QED) is 0.792. The molecule has 0 saturated heterocycles. The van der Waals surface area contributed by atoms with Gasteiger partial charge in [0.25, 0.3) is 0 Å². The lowest BCUT2D eigenvalue weighted by atomic mass is 9.97. The van der Waals surface area contributed by atoms with E-state index in [4.69, 9.17) is 0 Å². The first-order valence-electron chi connectivity index (χ1n) is 6.77. The molecule has 0 aliphatic carbocycles. The second kappa shape index (κ2) is 4.17. The molecule has 0 atom stereocenters. The van der Waals surface area contributed by atoms with Crippen LogP contribution in [0, 0.1) is 6.92 Å². The molecule has 1 aliphatic heterocycles. The molecule has 1 aliphatic rings. The predicted molar refractivity (Wildman–Crippen MR) is 81.2 cm³/mol. The molecular weight excluding hydrogens is 248 g/mol. The molecule has 0 radical (unpaired) electrons. The third-order valence-corrected chi connectivity index (χ3v) is 4.23. The molecule has 1 aromatic heterocycles. The van der Waals surface area contributed by atoms with Crippen LogP contribution in [0.3, 0.4) is 0 Å². The Morgan fingerprint density at radius 2 is 1.80 bits per heavy atom. The second-order valence-electron chi connectivity index (χ2n) is 5.86. The Morgan fingerprint density at radius 3 is 2.50 bits per heavy atom. The number of hydrogen-bond acceptors (Lipinski definition) is 3. The average Bonchev–Trinajstić information content (AvgIpc) is 2.60. The number of pyridine rings is 1. The molecule has 1 aromatic carbocycles. The van der Waals surface area contributed by atoms with Gasteiger partial charge in [-0.05, 0) is 56.2 Å². The van der Waals surface area contributed by atoms with Gasteiger partial charge in [-0.2, -0.15) is 0 Å². The van der Waals surface area contributed by atoms with E-state index in [0.29, 0.717) is 0 Å². The minimum atomic E-state index is -0.463. The van der Waals surface area contributed by atoms with Crippen molar-refractivity contribution in [3.05, 3.63) is 47.8 Å². The molecule has 0 N–H and O–H groups in total. The van der Waals surface area contributed by atoms with Crippen molar-refractivity contribution in [2.75, 3.05) is 11.9 Å². The van der Waals surface area contributed by atoms with E-state index in [1.807, 2.05) is 52.2 Å². The van der Waals surface area contributed by atoms with Gasteiger partial charge in [0, 0.05) is 30.2 Å². The Labute approximate surface area is 119 Å². The van der Waals surface area contributed by atoms with E-state index in [1.165, 1.54) is 0 Å². The van der Waals surface area contributed by atoms with E-state index >= 15 is 0 Å². The van der Waals surface area contributed by atoms with Crippen molar-refractivity contribution in [2.45, 2.75) is 26.3 Å². The summed E-state index contributed by atoms with van der Waals surface area (Å²) in [6.45, 7) is 5.91. The molecule has 0 bridgehead atoms. The zero-order valence-corrected chi connectivity index (χ0v) is 12.3. The number of hydrogen-bond donors (Lipinski definition) is 0. The third-order valence-electron chi connectivity index (χ3n) is 4.23. The number of carbonyl (C=O) groups excluding carboxylic acids is 1. The fraction of sp³-hybridized carbons (Fsp3) is 0.294. The summed E-state index contributed by atoms with van der Waals surface area (Å²) in [6.07, 6.45) is 1.82. The molecule has 3 rings (SSSR count). The van der Waals surface area contributed by atoms with Crippen molar-refractivity contribution < 1.29 is 4.79 Å². The molecule has 0 fully saturated rings. The lowest BCUT2D eigenvalue weighted by molar-refractivity contribution is 0.0927. The van der Waals surface area contributed by atoms with Crippen LogP contribution in [0.25, 0.3) is 11.1 Å². The first-order chi connectivity index (χ1) is 9.41. The van der Waals surface area contributed by atoms with Crippen LogP contribution in [0.5, 0.6) is 0 Å². The smallest absolute Gasteiger partial charge is 0.189 e. The van der Waals surface area contributed by atoms with E-state index in [0.717, 1.165) is 28.1 Å². The average molecular weight is 266 g/mol. The third kappa shape index (κ3) is 1.73. The maximum atomic E-state index is 12.4. The SMILES string of the molecule is Cc1cc(-c2ccc3c(c2)N(C)C(C)(C)C3=O)ccn1. The number of likely N-dealkylation sites (N-methyl/N-ethyl adjacent to an activating group) is 1. The minimum absolute atomic E-state index is 0.187. The number of rotatable bonds is 1. The number of aryl methyl sites for hydroxylation is 1. The Kier molecular flexibility index (Phi) is 2.68. The summed E-state index contributed by atoms with van der Waals surface area (Å²) in [5.74, 6) is 0.187. The number of ketones is 1. The van der Waals surface area contributed by atoms with Gasteiger partial charge in [-0.3, -0.25) is 9.78 Å². The van der Waals surface area contributed by atoms with E-state index in [2.05, 4.69) is 22.0 Å². The lowest BCUT2D eigenvalue weighted by Gasteiger charge is -2.28. The Morgan fingerprint density at radius 1 is 1.10 bits per heavy atom. The molecule has 0 amide bonds. The van der Waals surface area contributed by atoms with E-state index in [-0.39, 0.29) is 5.78 Å². The van der Waals surface area contributed by atoms with Crippen molar-refractivity contribution >= 4 is 11.5 Å². The number of carbonyl (C=O) groups is 1. The number of Topliss-reactive ketones (excluding diaryl/α,β-unsaturated/α-hetero) is 1. The van der Waals surface area contributed by atoms with Gasteiger partial charge in [0.2, 0.25) is 0 Å². The van der Waals surface area contributed by atoms with Crippen molar-refractivity contribution in [1.29, 1.82) is 0 Å². The Balaban J connectivity index is 2.13. The Hall–Kier alpha value is -2.16. The second-order valence-corrected chi connectivity index (χ2v) is 5.86. The van der Waals surface area contributed by atoms with E-state index < -0.39 is 5.54 Å². The fourth-order valence-corrected chi connectivity index (χ4v) is 2.69. The molecular formula is C17H18N2O. The van der Waals surface area contributed by atoms with E-state index in [1.54, 1.807) is 0 Å². The summed E-state index contributed by atoms with van der Waals surface area (Å²) in [7, 11) is 1.98. The number of fused-ring (bicyclic) bond motifs is 1. The highest BCUT2D eigenvalue weighted by atomic mass is 16.1. The summed E-state index contributed by atoms with van der Waals surface area (Å²) in [4.78, 5) is 18.7. The number of nitrogens with zero attached hydrogens (tertiary/aromatic N) is 2. The molecule has 0 saturated carbocycles. The van der Waals surface area contributed by atoms with Crippen LogP contribution in [0.2, 0.25) is 0 Å². The van der Waals surface area contributed by atoms with Crippen molar-refractivity contribution in [3.8, 4) is 11.1 Å². The molecule has 3 heteroatoms. The zero-order valence-electron chi connectivity index (χ0n) is 12.3. The van der Waals surface area contributed by atoms with Gasteiger partial charge in [-0.15, -0.1) is 0 Å². The van der Waals surface area contributed by atoms with E-state index in [9.17, 15) is 4.79 Å². The molecule has 20 heavy (non-hydrogen) atoms. The van der Waals surface area contributed by atoms with Gasteiger partial charge in [0.1, 0.15) is 0 Å². The summed E-state index contributed by atoms with van der Waals surface area (Å²) in [5, 5.41) is 0. The molecule has 2 aromatic rings. The van der Waals surface area contributed by atoms with Gasteiger partial charge >= 0.3 is 0 Å². The van der Waals surface area contributed by atoms with Crippen LogP contribution in [0.4, 0.5) is 5.69 Å². The number of anilines is 1. The normalized spacial score (nSPS) is 16.4. The van der Waals surface area contributed by atoms with Gasteiger partial charge in [0.15, 0.2) is 5.78 Å². The number of benzene rings is 1. The van der Waals surface area contributed by atoms with Crippen LogP contribution < -0.4 is 4.90 Å². The van der Waals surface area contributed by atoms with Gasteiger partial charge in [-0.25, -0.2) is 0 Å². The van der Waals surface area contributed by atoms with Crippen molar-refractivity contribution in [1.82, 2.24) is 4.98 Å². The molecule has 2 heterocycles. The first kappa shape index (κ1) is 12.9. The highest BCUT2D eigenvalue weighted by Gasteiger charge is 2.41. The van der Waals surface area contributed by atoms with Gasteiger partial charge in [-0.1, -0.05) is 6.07 Å². The van der Waals surface area contributed by atoms with Crippen LogP contribution in [0.15, 0.2) is 36.5 Å². The largest absolute Gasteiger partial charge is 0.361 e. The fourth-order valence-electron chi connectivity index (χ4n) is 2.69. The minimum Gasteiger partial charge on any atom is -0.361 e. The van der Waals surface area contributed by atoms with Crippen LogP contribution in [-0.4, -0.2) is 23.4 Å². The standard InChI is InChI=1S/C17H18N2O/c1-11-9-13(7-8-18-11)12-5-6-14-15(10-12)19(4)17(2,3)16(14)20/h5-10H,1-4H3. The van der Waals surface area contributed by atoms with Gasteiger partial charge < -0.3 is 4.90 Å². The van der Waals surface area contributed by atoms with Crippen molar-refractivity contribution in [3.63, 3.8) is 0 Å². The molecule has 0 spiro atoms. The van der Waals surface area contributed by atoms with Crippen LogP contribution >= 0.6 is 0 Å². The molecule has 0 unspecified atom stereocenters. The van der Waals surface area contributed by atoms with Gasteiger partial charge in [0.05, 0.1) is 5.54 Å². The number of aromatic nitrogens is 1. The summed E-state index contributed by atoms with van der Waals surface area (Å²) >= 11 is 0. The van der Waals surface area contributed by atoms with Crippen molar-refractivity contribution in [2.24, 2.45) is 0 Å². The zero-order chi connectivity index (χ0) is 14.5. The first-order valence-corrected chi connectivity index (χ1v) is 6.77. The van der Waals surface area contributed by atoms with Crippen LogP contribution in [0.1, 0.15) is 29.9 Å². The topological polar surface area (TPSA) is 33.2 Å². The monoisotopic (exact) mass is 266 g/mol. The maximum absolute atomic E-state index is 12.4. The Bertz CT molecular complexity index is 704. The summed E-state index contributed by atoms with van der Waals surface area (Å²) in [5.41, 5.74) is 4.60. The van der Waals surface area contributed by atoms with Crippen LogP contribution in [-0.2, 0) is 0 Å².